The Hall–Kier alpha value is -0.650. The molecule has 0 spiro atoms. The van der Waals surface area contributed by atoms with Crippen LogP contribution < -0.4 is 5.73 Å². The van der Waals surface area contributed by atoms with Crippen LogP contribution in [0.1, 0.15) is 46.5 Å². The van der Waals surface area contributed by atoms with Crippen molar-refractivity contribution in [2.24, 2.45) is 5.73 Å². The maximum absolute atomic E-state index is 11.9. The first kappa shape index (κ1) is 16.7. The van der Waals surface area contributed by atoms with E-state index < -0.39 is 5.54 Å². The average Bonchev–Trinajstić information content (AvgIpc) is 2.45. The van der Waals surface area contributed by atoms with Crippen LogP contribution >= 0.6 is 0 Å². The van der Waals surface area contributed by atoms with E-state index in [0.29, 0.717) is 6.04 Å². The normalized spacial score (nSPS) is 32.9. The minimum absolute atomic E-state index is 0.238. The summed E-state index contributed by atoms with van der Waals surface area (Å²) in [7, 11) is 1.43. The number of hydrogen-bond donors (Lipinski definition) is 1. The number of carbonyl (C=O) groups excluding carboxylic acids is 1. The minimum Gasteiger partial charge on any atom is -0.468 e. The smallest absolute Gasteiger partial charge is 0.325 e. The Kier molecular flexibility index (Phi) is 4.96. The van der Waals surface area contributed by atoms with E-state index in [9.17, 15) is 4.79 Å². The van der Waals surface area contributed by atoms with Crippen LogP contribution in [0, 0.1) is 0 Å². The Morgan fingerprint density at radius 2 is 1.86 bits per heavy atom. The van der Waals surface area contributed by atoms with E-state index in [-0.39, 0.29) is 11.5 Å². The Labute approximate surface area is 128 Å². The summed E-state index contributed by atoms with van der Waals surface area (Å²) < 4.78 is 4.90. The minimum atomic E-state index is -0.779. The van der Waals surface area contributed by atoms with Gasteiger partial charge in [0.05, 0.1) is 7.11 Å². The molecule has 2 rings (SSSR count). The Morgan fingerprint density at radius 1 is 1.24 bits per heavy atom. The number of carbonyl (C=O) groups is 1. The average molecular weight is 297 g/mol. The number of methoxy groups -OCH3 is 1. The van der Waals surface area contributed by atoms with Crippen LogP contribution in [0.2, 0.25) is 0 Å². The summed E-state index contributed by atoms with van der Waals surface area (Å²) in [6, 6.07) is 0.421. The molecule has 0 bridgehead atoms. The molecule has 1 heterocycles. The van der Waals surface area contributed by atoms with Gasteiger partial charge < -0.3 is 10.5 Å². The lowest BCUT2D eigenvalue weighted by Crippen LogP contribution is -2.60. The first-order valence-electron chi connectivity index (χ1n) is 8.13. The molecule has 1 saturated carbocycles. The molecular weight excluding hydrogens is 266 g/mol. The fourth-order valence-electron chi connectivity index (χ4n) is 3.74. The van der Waals surface area contributed by atoms with Crippen LogP contribution in [0.15, 0.2) is 0 Å². The number of nitrogens with two attached hydrogens (primary N) is 1. The van der Waals surface area contributed by atoms with E-state index in [1.807, 2.05) is 0 Å². The molecule has 2 aliphatic rings. The largest absolute Gasteiger partial charge is 0.468 e. The SMILES string of the molecule is COC(=O)C1(N)CCCC(N2CCN(C(C)(C)C)CC2)C1. The van der Waals surface area contributed by atoms with Crippen molar-refractivity contribution in [1.82, 2.24) is 9.80 Å². The van der Waals surface area contributed by atoms with Gasteiger partial charge in [-0.1, -0.05) is 0 Å². The summed E-state index contributed by atoms with van der Waals surface area (Å²) in [5, 5.41) is 0. The second-order valence-corrected chi connectivity index (χ2v) is 7.59. The fourth-order valence-corrected chi connectivity index (χ4v) is 3.74. The van der Waals surface area contributed by atoms with Crippen LogP contribution in [0.4, 0.5) is 0 Å². The van der Waals surface area contributed by atoms with Gasteiger partial charge in [-0.2, -0.15) is 0 Å². The lowest BCUT2D eigenvalue weighted by molar-refractivity contribution is -0.149. The van der Waals surface area contributed by atoms with Crippen molar-refractivity contribution in [3.63, 3.8) is 0 Å². The lowest BCUT2D eigenvalue weighted by Gasteiger charge is -2.47. The molecule has 0 aromatic carbocycles. The van der Waals surface area contributed by atoms with E-state index in [1.54, 1.807) is 0 Å². The summed E-state index contributed by atoms with van der Waals surface area (Å²) in [5.74, 6) is -0.250. The topological polar surface area (TPSA) is 58.8 Å². The molecule has 5 nitrogen and oxygen atoms in total. The Bertz CT molecular complexity index is 372. The van der Waals surface area contributed by atoms with Crippen molar-refractivity contribution < 1.29 is 9.53 Å². The molecule has 1 saturated heterocycles. The highest BCUT2D eigenvalue weighted by molar-refractivity contribution is 5.80. The third kappa shape index (κ3) is 3.76. The van der Waals surface area contributed by atoms with Gasteiger partial charge in [0.1, 0.15) is 5.54 Å². The summed E-state index contributed by atoms with van der Waals surface area (Å²) in [5.41, 5.74) is 5.75. The van der Waals surface area contributed by atoms with Gasteiger partial charge in [0.2, 0.25) is 0 Å². The zero-order valence-corrected chi connectivity index (χ0v) is 14.0. The molecule has 2 N–H and O–H groups in total. The van der Waals surface area contributed by atoms with Crippen molar-refractivity contribution in [1.29, 1.82) is 0 Å². The van der Waals surface area contributed by atoms with Crippen molar-refractivity contribution in [3.8, 4) is 0 Å². The fraction of sp³-hybridized carbons (Fsp3) is 0.938. The zero-order valence-electron chi connectivity index (χ0n) is 14.0. The van der Waals surface area contributed by atoms with Crippen LogP contribution in [-0.2, 0) is 9.53 Å². The summed E-state index contributed by atoms with van der Waals surface area (Å²) in [6.45, 7) is 11.1. The zero-order chi connectivity index (χ0) is 15.7. The Morgan fingerprint density at radius 3 is 2.38 bits per heavy atom. The third-order valence-corrected chi connectivity index (χ3v) is 5.13. The number of nitrogens with zero attached hydrogens (tertiary/aromatic N) is 2. The predicted octanol–water partition coefficient (Wildman–Crippen LogP) is 1.22. The molecule has 2 atom stereocenters. The summed E-state index contributed by atoms with van der Waals surface area (Å²) in [4.78, 5) is 17.0. The summed E-state index contributed by atoms with van der Waals surface area (Å²) in [6.07, 6.45) is 3.63. The molecule has 2 unspecified atom stereocenters. The van der Waals surface area contributed by atoms with E-state index in [4.69, 9.17) is 10.5 Å². The number of hydrogen-bond acceptors (Lipinski definition) is 5. The predicted molar refractivity (Wildman–Crippen MR) is 84.1 cm³/mol. The highest BCUT2D eigenvalue weighted by atomic mass is 16.5. The van der Waals surface area contributed by atoms with E-state index in [0.717, 1.165) is 51.9 Å². The number of piperazine rings is 1. The Balaban J connectivity index is 1.93. The lowest BCUT2D eigenvalue weighted by atomic mass is 9.79. The van der Waals surface area contributed by atoms with Crippen molar-refractivity contribution >= 4 is 5.97 Å². The first-order valence-corrected chi connectivity index (χ1v) is 8.13. The molecule has 2 fully saturated rings. The van der Waals surface area contributed by atoms with Gasteiger partial charge >= 0.3 is 5.97 Å². The maximum atomic E-state index is 11.9. The second-order valence-electron chi connectivity index (χ2n) is 7.59. The molecule has 1 aliphatic heterocycles. The van der Waals surface area contributed by atoms with Gasteiger partial charge in [-0.05, 0) is 46.5 Å². The van der Waals surface area contributed by atoms with Gasteiger partial charge in [-0.3, -0.25) is 14.6 Å². The van der Waals surface area contributed by atoms with Crippen molar-refractivity contribution in [2.45, 2.75) is 63.6 Å². The van der Waals surface area contributed by atoms with Crippen molar-refractivity contribution in [2.75, 3.05) is 33.3 Å². The molecule has 21 heavy (non-hydrogen) atoms. The number of esters is 1. The first-order chi connectivity index (χ1) is 9.76. The second kappa shape index (κ2) is 6.23. The maximum Gasteiger partial charge on any atom is 0.325 e. The quantitative estimate of drug-likeness (QED) is 0.777. The molecule has 0 amide bonds. The molecule has 0 aromatic rings. The van der Waals surface area contributed by atoms with Gasteiger partial charge in [-0.25, -0.2) is 0 Å². The van der Waals surface area contributed by atoms with Gasteiger partial charge in [-0.15, -0.1) is 0 Å². The van der Waals surface area contributed by atoms with Gasteiger partial charge in [0, 0.05) is 37.8 Å². The van der Waals surface area contributed by atoms with Crippen LogP contribution in [0.5, 0.6) is 0 Å². The van der Waals surface area contributed by atoms with Crippen molar-refractivity contribution in [3.05, 3.63) is 0 Å². The highest BCUT2D eigenvalue weighted by Gasteiger charge is 2.42. The van der Waals surface area contributed by atoms with Crippen LogP contribution in [-0.4, -0.2) is 66.2 Å². The highest BCUT2D eigenvalue weighted by Crippen LogP contribution is 2.31. The van der Waals surface area contributed by atoms with E-state index in [1.165, 1.54) is 7.11 Å². The van der Waals surface area contributed by atoms with Crippen LogP contribution in [0.3, 0.4) is 0 Å². The molecular formula is C16H31N3O2. The molecule has 5 heteroatoms. The van der Waals surface area contributed by atoms with Gasteiger partial charge in [0.25, 0.3) is 0 Å². The molecule has 0 radical (unpaired) electrons. The van der Waals surface area contributed by atoms with E-state index in [2.05, 4.69) is 30.6 Å². The third-order valence-electron chi connectivity index (χ3n) is 5.13. The summed E-state index contributed by atoms with van der Waals surface area (Å²) >= 11 is 0. The molecule has 1 aliphatic carbocycles. The molecule has 0 aromatic heterocycles. The number of ether oxygens (including phenoxy) is 1. The molecule has 122 valence electrons. The van der Waals surface area contributed by atoms with Gasteiger partial charge in [0.15, 0.2) is 0 Å². The van der Waals surface area contributed by atoms with E-state index >= 15 is 0 Å². The van der Waals surface area contributed by atoms with Crippen LogP contribution in [0.25, 0.3) is 0 Å². The monoisotopic (exact) mass is 297 g/mol. The number of rotatable bonds is 2. The standard InChI is InChI=1S/C16H31N3O2/c1-15(2,3)19-10-8-18(9-11-19)13-6-5-7-16(17,12-13)14(20)21-4/h13H,5-12,17H2,1-4H3.